The van der Waals surface area contributed by atoms with Crippen molar-refractivity contribution in [3.8, 4) is 0 Å². The molecule has 1 saturated heterocycles. The third kappa shape index (κ3) is 2.31. The van der Waals surface area contributed by atoms with Crippen LogP contribution in [0.1, 0.15) is 11.6 Å². The van der Waals surface area contributed by atoms with Crippen LogP contribution in [-0.4, -0.2) is 30.0 Å². The summed E-state index contributed by atoms with van der Waals surface area (Å²) in [6.07, 6.45) is 0. The topological polar surface area (TPSA) is 32.7 Å². The zero-order chi connectivity index (χ0) is 10.8. The molecule has 1 N–H and O–H groups in total. The third-order valence-corrected chi connectivity index (χ3v) is 2.37. The van der Waals surface area contributed by atoms with Crippen molar-refractivity contribution in [3.63, 3.8) is 0 Å². The molecule has 1 aromatic carbocycles. The minimum absolute atomic E-state index is 0.236. The molecular formula is C10H11F2NO2. The second-order valence-electron chi connectivity index (χ2n) is 3.46. The molecular weight excluding hydrogens is 204 g/mol. The first kappa shape index (κ1) is 10.5. The molecule has 1 atom stereocenters. The van der Waals surface area contributed by atoms with Gasteiger partial charge in [0, 0.05) is 12.6 Å². The van der Waals surface area contributed by atoms with Crippen molar-refractivity contribution in [3.05, 3.63) is 35.4 Å². The van der Waals surface area contributed by atoms with Crippen molar-refractivity contribution in [2.75, 3.05) is 19.8 Å². The fraction of sp³-hybridized carbons (Fsp3) is 0.400. The van der Waals surface area contributed by atoms with E-state index in [4.69, 9.17) is 4.74 Å². The van der Waals surface area contributed by atoms with Crippen LogP contribution in [0.2, 0.25) is 0 Å². The summed E-state index contributed by atoms with van der Waals surface area (Å²) in [6.45, 7) is 0.993. The number of morpholine rings is 1. The molecule has 0 aromatic heterocycles. The Morgan fingerprint density at radius 1 is 1.27 bits per heavy atom. The molecule has 0 radical (unpaired) electrons. The van der Waals surface area contributed by atoms with Crippen molar-refractivity contribution in [1.29, 1.82) is 0 Å². The zero-order valence-electron chi connectivity index (χ0n) is 7.99. The Balaban J connectivity index is 2.27. The van der Waals surface area contributed by atoms with Crippen LogP contribution >= 0.6 is 0 Å². The van der Waals surface area contributed by atoms with Gasteiger partial charge < -0.3 is 9.94 Å². The van der Waals surface area contributed by atoms with E-state index in [9.17, 15) is 14.0 Å². The summed E-state index contributed by atoms with van der Waals surface area (Å²) < 4.78 is 31.0. The molecule has 0 amide bonds. The van der Waals surface area contributed by atoms with Crippen molar-refractivity contribution >= 4 is 0 Å². The van der Waals surface area contributed by atoms with Crippen LogP contribution < -0.4 is 0 Å². The van der Waals surface area contributed by atoms with Crippen LogP contribution in [0.25, 0.3) is 0 Å². The van der Waals surface area contributed by atoms with E-state index in [0.717, 1.165) is 11.1 Å². The lowest BCUT2D eigenvalue weighted by Crippen LogP contribution is -2.37. The summed E-state index contributed by atoms with van der Waals surface area (Å²) >= 11 is 0. The first-order chi connectivity index (χ1) is 7.16. The first-order valence-electron chi connectivity index (χ1n) is 4.66. The molecule has 1 heterocycles. The van der Waals surface area contributed by atoms with Gasteiger partial charge >= 0.3 is 0 Å². The largest absolute Gasteiger partial charge is 0.378 e. The number of nitrogens with zero attached hydrogens (tertiary/aromatic N) is 1. The summed E-state index contributed by atoms with van der Waals surface area (Å²) in [5.74, 6) is -1.30. The predicted molar refractivity (Wildman–Crippen MR) is 48.4 cm³/mol. The fourth-order valence-electron chi connectivity index (χ4n) is 1.63. The van der Waals surface area contributed by atoms with Gasteiger partial charge in [-0.1, -0.05) is 0 Å². The van der Waals surface area contributed by atoms with Gasteiger partial charge in [-0.05, 0) is 17.7 Å². The summed E-state index contributed by atoms with van der Waals surface area (Å²) in [4.78, 5) is 0. The number of ether oxygens (including phenoxy) is 1. The van der Waals surface area contributed by atoms with Gasteiger partial charge in [-0.2, -0.15) is 5.06 Å². The molecule has 1 aliphatic heterocycles. The smallest absolute Gasteiger partial charge is 0.126 e. The highest BCUT2D eigenvalue weighted by atomic mass is 19.1. The van der Waals surface area contributed by atoms with Crippen LogP contribution in [0, 0.1) is 11.6 Å². The normalized spacial score (nSPS) is 23.0. The van der Waals surface area contributed by atoms with E-state index in [-0.39, 0.29) is 6.61 Å². The van der Waals surface area contributed by atoms with E-state index in [1.54, 1.807) is 0 Å². The van der Waals surface area contributed by atoms with Gasteiger partial charge in [-0.3, -0.25) is 0 Å². The summed E-state index contributed by atoms with van der Waals surface area (Å²) in [5.41, 5.74) is 0.384. The van der Waals surface area contributed by atoms with Gasteiger partial charge in [0.05, 0.1) is 19.3 Å². The Hall–Kier alpha value is -1.04. The summed E-state index contributed by atoms with van der Waals surface area (Å²) in [5, 5.41) is 10.6. The Kier molecular flexibility index (Phi) is 2.95. The highest BCUT2D eigenvalue weighted by Crippen LogP contribution is 2.23. The van der Waals surface area contributed by atoms with Gasteiger partial charge in [0.2, 0.25) is 0 Å². The Bertz CT molecular complexity index is 339. The molecule has 0 saturated carbocycles. The third-order valence-electron chi connectivity index (χ3n) is 2.37. The SMILES string of the molecule is ON1CCOCC1c1cc(F)cc(F)c1. The average molecular weight is 215 g/mol. The highest BCUT2D eigenvalue weighted by Gasteiger charge is 2.23. The second kappa shape index (κ2) is 4.22. The van der Waals surface area contributed by atoms with Crippen LogP contribution in [0.5, 0.6) is 0 Å². The van der Waals surface area contributed by atoms with Gasteiger partial charge in [-0.25, -0.2) is 8.78 Å². The number of rotatable bonds is 1. The molecule has 1 aromatic rings. The van der Waals surface area contributed by atoms with Crippen LogP contribution in [-0.2, 0) is 4.74 Å². The van der Waals surface area contributed by atoms with Crippen LogP contribution in [0.15, 0.2) is 18.2 Å². The van der Waals surface area contributed by atoms with E-state index in [1.807, 2.05) is 0 Å². The number of benzene rings is 1. The molecule has 1 fully saturated rings. The van der Waals surface area contributed by atoms with Gasteiger partial charge in [0.1, 0.15) is 11.6 Å². The summed E-state index contributed by atoms with van der Waals surface area (Å²) in [7, 11) is 0. The Morgan fingerprint density at radius 3 is 2.53 bits per heavy atom. The maximum Gasteiger partial charge on any atom is 0.126 e. The highest BCUT2D eigenvalue weighted by molar-refractivity contribution is 5.21. The van der Waals surface area contributed by atoms with E-state index < -0.39 is 17.7 Å². The van der Waals surface area contributed by atoms with Gasteiger partial charge in [0.15, 0.2) is 0 Å². The van der Waals surface area contributed by atoms with Crippen molar-refractivity contribution in [2.45, 2.75) is 6.04 Å². The molecule has 1 aliphatic rings. The minimum Gasteiger partial charge on any atom is -0.378 e. The lowest BCUT2D eigenvalue weighted by molar-refractivity contribution is -0.183. The van der Waals surface area contributed by atoms with E-state index in [0.29, 0.717) is 18.7 Å². The quantitative estimate of drug-likeness (QED) is 0.774. The molecule has 0 aliphatic carbocycles. The monoisotopic (exact) mass is 215 g/mol. The molecule has 2 rings (SSSR count). The van der Waals surface area contributed by atoms with Crippen LogP contribution in [0.4, 0.5) is 8.78 Å². The molecule has 1 unspecified atom stereocenters. The van der Waals surface area contributed by atoms with E-state index in [1.165, 1.54) is 12.1 Å². The Labute approximate surface area is 85.8 Å². The van der Waals surface area contributed by atoms with Crippen molar-refractivity contribution in [1.82, 2.24) is 5.06 Å². The minimum atomic E-state index is -0.649. The second-order valence-corrected chi connectivity index (χ2v) is 3.46. The predicted octanol–water partition coefficient (Wildman–Crippen LogP) is 1.73. The average Bonchev–Trinajstić information content (AvgIpc) is 2.16. The molecule has 0 bridgehead atoms. The summed E-state index contributed by atoms with van der Waals surface area (Å²) in [6, 6.07) is 2.70. The lowest BCUT2D eigenvalue weighted by Gasteiger charge is -2.30. The standard InChI is InChI=1S/C10H11F2NO2/c11-8-3-7(4-9(12)5-8)10-6-15-2-1-13(10)14/h3-5,10,14H,1-2,6H2. The first-order valence-corrected chi connectivity index (χ1v) is 4.66. The van der Waals surface area contributed by atoms with Crippen LogP contribution in [0.3, 0.4) is 0 Å². The van der Waals surface area contributed by atoms with Gasteiger partial charge in [-0.15, -0.1) is 0 Å². The van der Waals surface area contributed by atoms with Crippen molar-refractivity contribution in [2.24, 2.45) is 0 Å². The number of hydrogen-bond acceptors (Lipinski definition) is 3. The lowest BCUT2D eigenvalue weighted by atomic mass is 10.1. The van der Waals surface area contributed by atoms with E-state index in [2.05, 4.69) is 0 Å². The molecule has 82 valence electrons. The molecule has 15 heavy (non-hydrogen) atoms. The number of hydroxylamine groups is 2. The Morgan fingerprint density at radius 2 is 1.93 bits per heavy atom. The fourth-order valence-corrected chi connectivity index (χ4v) is 1.63. The number of halogens is 2. The molecule has 5 heteroatoms. The van der Waals surface area contributed by atoms with Crippen molar-refractivity contribution < 1.29 is 18.7 Å². The number of hydrogen-bond donors (Lipinski definition) is 1. The molecule has 3 nitrogen and oxygen atoms in total. The molecule has 0 spiro atoms. The maximum absolute atomic E-state index is 12.9. The maximum atomic E-state index is 12.9. The van der Waals surface area contributed by atoms with E-state index >= 15 is 0 Å². The van der Waals surface area contributed by atoms with Gasteiger partial charge in [0.25, 0.3) is 0 Å². The zero-order valence-corrected chi connectivity index (χ0v) is 7.99.